The van der Waals surface area contributed by atoms with Crippen molar-refractivity contribution >= 4 is 27.4 Å². The Bertz CT molecular complexity index is 978. The van der Waals surface area contributed by atoms with Gasteiger partial charge in [0.2, 0.25) is 0 Å². The summed E-state index contributed by atoms with van der Waals surface area (Å²) in [4.78, 5) is 12.5. The highest BCUT2D eigenvalue weighted by Gasteiger charge is 2.18. The van der Waals surface area contributed by atoms with Crippen LogP contribution in [0.5, 0.6) is 0 Å². The summed E-state index contributed by atoms with van der Waals surface area (Å²) in [5, 5.41) is 0.560. The lowest BCUT2D eigenvalue weighted by Gasteiger charge is -2.05. The van der Waals surface area contributed by atoms with Crippen molar-refractivity contribution < 1.29 is 13.2 Å². The molecule has 0 aliphatic carbocycles. The summed E-state index contributed by atoms with van der Waals surface area (Å²) >= 11 is 5.91. The van der Waals surface area contributed by atoms with Gasteiger partial charge in [-0.15, -0.1) is 0 Å². The third-order valence-corrected chi connectivity index (χ3v) is 5.45. The minimum absolute atomic E-state index is 0.163. The van der Waals surface area contributed by atoms with E-state index >= 15 is 0 Å². The number of Topliss-reactive ketones (excluding diaryl/α,β-unsaturated/α-hetero) is 1. The van der Waals surface area contributed by atoms with Crippen LogP contribution >= 0.6 is 11.6 Å². The predicted octanol–water partition coefficient (Wildman–Crippen LogP) is 3.80. The zero-order valence-electron chi connectivity index (χ0n) is 12.6. The van der Waals surface area contributed by atoms with Gasteiger partial charge in [-0.05, 0) is 35.9 Å². The van der Waals surface area contributed by atoms with Crippen molar-refractivity contribution in [3.63, 3.8) is 0 Å². The monoisotopic (exact) mass is 359 g/mol. The molecule has 1 heterocycles. The molecule has 1 aromatic heterocycles. The van der Waals surface area contributed by atoms with Crippen molar-refractivity contribution in [2.45, 2.75) is 11.3 Å². The van der Waals surface area contributed by atoms with E-state index in [9.17, 15) is 13.2 Å². The first-order chi connectivity index (χ1) is 11.5. The van der Waals surface area contributed by atoms with Gasteiger partial charge < -0.3 is 0 Å². The number of hydrogen-bond donors (Lipinski definition) is 0. The van der Waals surface area contributed by atoms with Crippen molar-refractivity contribution in [1.29, 1.82) is 0 Å². The molecule has 0 unspecified atom stereocenters. The summed E-state index contributed by atoms with van der Waals surface area (Å²) in [5.74, 6) is -0.167. The van der Waals surface area contributed by atoms with Crippen LogP contribution in [0.2, 0.25) is 5.02 Å². The second-order valence-electron chi connectivity index (χ2n) is 5.28. The Hall–Kier alpha value is -2.37. The molecule has 6 heteroatoms. The first-order valence-electron chi connectivity index (χ1n) is 7.23. The van der Waals surface area contributed by atoms with Crippen molar-refractivity contribution in [2.75, 3.05) is 0 Å². The highest BCUT2D eigenvalue weighted by molar-refractivity contribution is 7.90. The van der Waals surface area contributed by atoms with Crippen LogP contribution in [0, 0.1) is 0 Å². The molecule has 24 heavy (non-hydrogen) atoms. The summed E-state index contributed by atoms with van der Waals surface area (Å²) in [6, 6.07) is 16.6. The normalized spacial score (nSPS) is 11.4. The Labute approximate surface area is 145 Å². The Morgan fingerprint density at radius 3 is 2.46 bits per heavy atom. The Morgan fingerprint density at radius 1 is 1.00 bits per heavy atom. The molecule has 0 saturated carbocycles. The molecule has 4 nitrogen and oxygen atoms in total. The number of halogens is 1. The molecule has 122 valence electrons. The molecule has 0 saturated heterocycles. The van der Waals surface area contributed by atoms with Crippen LogP contribution in [0.4, 0.5) is 0 Å². The van der Waals surface area contributed by atoms with Crippen molar-refractivity contribution in [3.8, 4) is 0 Å². The molecule has 0 radical (unpaired) electrons. The molecule has 0 N–H and O–H groups in total. The summed E-state index contributed by atoms with van der Waals surface area (Å²) in [7, 11) is -3.69. The van der Waals surface area contributed by atoms with Crippen molar-refractivity contribution in [1.82, 2.24) is 3.97 Å². The molecule has 0 atom stereocenters. The number of carbonyl (C=O) groups excluding carboxylic acids is 1. The van der Waals surface area contributed by atoms with Gasteiger partial charge in [-0.3, -0.25) is 4.79 Å². The number of carbonyl (C=O) groups is 1. The fourth-order valence-electron chi connectivity index (χ4n) is 2.34. The summed E-state index contributed by atoms with van der Waals surface area (Å²) < 4.78 is 26.1. The largest absolute Gasteiger partial charge is 0.294 e. The van der Waals surface area contributed by atoms with Crippen LogP contribution in [0.3, 0.4) is 0 Å². The minimum Gasteiger partial charge on any atom is -0.294 e. The van der Waals surface area contributed by atoms with Gasteiger partial charge in [-0.2, -0.15) is 0 Å². The van der Waals surface area contributed by atoms with Gasteiger partial charge in [0.25, 0.3) is 10.0 Å². The van der Waals surface area contributed by atoms with Crippen molar-refractivity contribution in [3.05, 3.63) is 89.2 Å². The Kier molecular flexibility index (Phi) is 4.55. The number of benzene rings is 2. The van der Waals surface area contributed by atoms with Crippen LogP contribution in [-0.4, -0.2) is 18.2 Å². The SMILES string of the molecule is O=C(Cc1cccc(Cl)c1)c1ccn(S(=O)(=O)c2ccccc2)c1. The Balaban J connectivity index is 1.84. The molecule has 0 spiro atoms. The van der Waals surface area contributed by atoms with Gasteiger partial charge in [0.1, 0.15) is 0 Å². The van der Waals surface area contributed by atoms with E-state index < -0.39 is 10.0 Å². The van der Waals surface area contributed by atoms with Crippen LogP contribution < -0.4 is 0 Å². The molecule has 0 bridgehead atoms. The average Bonchev–Trinajstić information content (AvgIpc) is 3.07. The van der Waals surface area contributed by atoms with Gasteiger partial charge in [0.05, 0.1) is 4.90 Å². The lowest BCUT2D eigenvalue weighted by Crippen LogP contribution is -2.11. The quantitative estimate of drug-likeness (QED) is 0.651. The van der Waals surface area contributed by atoms with E-state index in [0.29, 0.717) is 10.6 Å². The first-order valence-corrected chi connectivity index (χ1v) is 9.05. The molecular weight excluding hydrogens is 346 g/mol. The Morgan fingerprint density at radius 2 is 1.75 bits per heavy atom. The van der Waals surface area contributed by atoms with E-state index in [1.807, 2.05) is 6.07 Å². The number of nitrogens with zero attached hydrogens (tertiary/aromatic N) is 1. The number of rotatable bonds is 5. The zero-order valence-corrected chi connectivity index (χ0v) is 14.2. The summed E-state index contributed by atoms with van der Waals surface area (Å²) in [5.41, 5.74) is 1.13. The van der Waals surface area contributed by atoms with E-state index in [4.69, 9.17) is 11.6 Å². The maximum atomic E-state index is 12.5. The van der Waals surface area contributed by atoms with Gasteiger partial charge in [-0.1, -0.05) is 41.9 Å². The topological polar surface area (TPSA) is 56.1 Å². The molecule has 3 aromatic rings. The van der Waals surface area contributed by atoms with Crippen LogP contribution in [0.15, 0.2) is 78.0 Å². The lowest BCUT2D eigenvalue weighted by atomic mass is 10.1. The molecule has 0 aliphatic heterocycles. The van der Waals surface area contributed by atoms with Gasteiger partial charge in [-0.25, -0.2) is 12.4 Å². The van der Waals surface area contributed by atoms with Crippen LogP contribution in [-0.2, 0) is 16.4 Å². The number of ketones is 1. The molecular formula is C18H14ClNO3S. The average molecular weight is 360 g/mol. The van der Waals surface area contributed by atoms with E-state index in [2.05, 4.69) is 0 Å². The van der Waals surface area contributed by atoms with Gasteiger partial charge in [0, 0.05) is 29.4 Å². The lowest BCUT2D eigenvalue weighted by molar-refractivity contribution is 0.0993. The maximum absolute atomic E-state index is 12.5. The fraction of sp³-hybridized carbons (Fsp3) is 0.0556. The highest BCUT2D eigenvalue weighted by atomic mass is 35.5. The van der Waals surface area contributed by atoms with Crippen molar-refractivity contribution in [2.24, 2.45) is 0 Å². The van der Waals surface area contributed by atoms with E-state index in [1.54, 1.807) is 36.4 Å². The molecule has 0 fully saturated rings. The maximum Gasteiger partial charge on any atom is 0.267 e. The van der Waals surface area contributed by atoms with E-state index in [1.165, 1.54) is 30.6 Å². The number of aromatic nitrogens is 1. The first kappa shape index (κ1) is 16.5. The minimum atomic E-state index is -3.69. The predicted molar refractivity (Wildman–Crippen MR) is 92.9 cm³/mol. The molecule has 2 aromatic carbocycles. The molecule has 0 amide bonds. The fourth-order valence-corrected chi connectivity index (χ4v) is 3.77. The smallest absolute Gasteiger partial charge is 0.267 e. The second kappa shape index (κ2) is 6.63. The van der Waals surface area contributed by atoms with Crippen LogP contribution in [0.1, 0.15) is 15.9 Å². The third kappa shape index (κ3) is 3.42. The molecule has 3 rings (SSSR count). The van der Waals surface area contributed by atoms with Crippen LogP contribution in [0.25, 0.3) is 0 Å². The van der Waals surface area contributed by atoms with Gasteiger partial charge >= 0.3 is 0 Å². The van der Waals surface area contributed by atoms with Gasteiger partial charge in [0.15, 0.2) is 5.78 Å². The highest BCUT2D eigenvalue weighted by Crippen LogP contribution is 2.17. The van der Waals surface area contributed by atoms with E-state index in [-0.39, 0.29) is 17.1 Å². The third-order valence-electron chi connectivity index (χ3n) is 3.56. The summed E-state index contributed by atoms with van der Waals surface area (Å²) in [6.07, 6.45) is 2.89. The van der Waals surface area contributed by atoms with E-state index in [0.717, 1.165) is 9.54 Å². The zero-order chi connectivity index (χ0) is 17.2. The summed E-state index contributed by atoms with van der Waals surface area (Å²) in [6.45, 7) is 0. The standard InChI is InChI=1S/C18H14ClNO3S/c19-16-6-4-5-14(11-16)12-18(21)15-9-10-20(13-15)24(22,23)17-7-2-1-3-8-17/h1-11,13H,12H2. The second-order valence-corrected chi connectivity index (χ2v) is 7.56. The molecule has 0 aliphatic rings. The number of hydrogen-bond acceptors (Lipinski definition) is 3.